The standard InChI is InChI=1S/C9H18O5S/c1-13-4-5-14-8-9(10)2-6-15(11,12)7-3-9/h10H,2-8H2,1H3. The number of aliphatic hydroxyl groups is 1. The first kappa shape index (κ1) is 12.9. The van der Waals surface area contributed by atoms with Crippen molar-refractivity contribution >= 4 is 9.84 Å². The Kier molecular flexibility index (Phi) is 4.51. The van der Waals surface area contributed by atoms with E-state index >= 15 is 0 Å². The summed E-state index contributed by atoms with van der Waals surface area (Å²) in [6.07, 6.45) is 0.532. The summed E-state index contributed by atoms with van der Waals surface area (Å²) in [5.74, 6) is 0.105. The lowest BCUT2D eigenvalue weighted by Gasteiger charge is -2.31. The van der Waals surface area contributed by atoms with Crippen LogP contribution in [0.5, 0.6) is 0 Å². The molecule has 1 N–H and O–H groups in total. The number of hydrogen-bond acceptors (Lipinski definition) is 5. The zero-order valence-corrected chi connectivity index (χ0v) is 9.75. The van der Waals surface area contributed by atoms with Gasteiger partial charge in [-0.3, -0.25) is 0 Å². The third-order valence-corrected chi connectivity index (χ3v) is 4.21. The van der Waals surface area contributed by atoms with Crippen LogP contribution < -0.4 is 0 Å². The Bertz CT molecular complexity index is 271. The molecule has 90 valence electrons. The Labute approximate surface area is 90.3 Å². The molecular formula is C9H18O5S. The third kappa shape index (κ3) is 4.46. The summed E-state index contributed by atoms with van der Waals surface area (Å²) in [4.78, 5) is 0. The molecule has 0 unspecified atom stereocenters. The molecule has 0 aromatic heterocycles. The molecule has 0 atom stereocenters. The molecule has 1 fully saturated rings. The van der Waals surface area contributed by atoms with Crippen molar-refractivity contribution < 1.29 is 23.0 Å². The highest BCUT2D eigenvalue weighted by atomic mass is 32.2. The van der Waals surface area contributed by atoms with Crippen molar-refractivity contribution in [2.45, 2.75) is 18.4 Å². The lowest BCUT2D eigenvalue weighted by molar-refractivity contribution is -0.0603. The van der Waals surface area contributed by atoms with Crippen molar-refractivity contribution in [3.63, 3.8) is 0 Å². The fourth-order valence-electron chi connectivity index (χ4n) is 1.47. The van der Waals surface area contributed by atoms with E-state index in [1.165, 1.54) is 0 Å². The number of sulfone groups is 1. The molecule has 1 heterocycles. The van der Waals surface area contributed by atoms with Crippen molar-refractivity contribution in [2.75, 3.05) is 38.4 Å². The van der Waals surface area contributed by atoms with Gasteiger partial charge in [-0.15, -0.1) is 0 Å². The Morgan fingerprint density at radius 3 is 2.40 bits per heavy atom. The van der Waals surface area contributed by atoms with Crippen molar-refractivity contribution in [3.05, 3.63) is 0 Å². The molecule has 6 heteroatoms. The van der Waals surface area contributed by atoms with E-state index in [-0.39, 0.29) is 31.0 Å². The molecule has 0 aromatic rings. The molecule has 5 nitrogen and oxygen atoms in total. The van der Waals surface area contributed by atoms with E-state index in [1.807, 2.05) is 0 Å². The zero-order chi connectivity index (χ0) is 11.4. The Morgan fingerprint density at radius 1 is 1.27 bits per heavy atom. The molecule has 0 spiro atoms. The molecule has 1 aliphatic heterocycles. The van der Waals surface area contributed by atoms with Gasteiger partial charge in [-0.25, -0.2) is 8.42 Å². The van der Waals surface area contributed by atoms with E-state index in [2.05, 4.69) is 0 Å². The average molecular weight is 238 g/mol. The van der Waals surface area contributed by atoms with Crippen LogP contribution in [-0.4, -0.2) is 57.6 Å². The van der Waals surface area contributed by atoms with E-state index in [4.69, 9.17) is 9.47 Å². The van der Waals surface area contributed by atoms with Crippen LogP contribution in [0, 0.1) is 0 Å². The van der Waals surface area contributed by atoms with Crippen molar-refractivity contribution in [3.8, 4) is 0 Å². The molecule has 15 heavy (non-hydrogen) atoms. The third-order valence-electron chi connectivity index (χ3n) is 2.56. The second-order valence-corrected chi connectivity index (χ2v) is 6.23. The minimum Gasteiger partial charge on any atom is -0.387 e. The van der Waals surface area contributed by atoms with Gasteiger partial charge in [-0.1, -0.05) is 0 Å². The van der Waals surface area contributed by atoms with Gasteiger partial charge in [0.15, 0.2) is 9.84 Å². The minimum absolute atomic E-state index is 0.0527. The molecule has 0 aromatic carbocycles. The van der Waals surface area contributed by atoms with Crippen LogP contribution in [0.1, 0.15) is 12.8 Å². The van der Waals surface area contributed by atoms with Crippen molar-refractivity contribution in [2.24, 2.45) is 0 Å². The summed E-state index contributed by atoms with van der Waals surface area (Å²) >= 11 is 0. The van der Waals surface area contributed by atoms with E-state index < -0.39 is 15.4 Å². The summed E-state index contributed by atoms with van der Waals surface area (Å²) in [5.41, 5.74) is -0.973. The van der Waals surface area contributed by atoms with Gasteiger partial charge in [0.2, 0.25) is 0 Å². The monoisotopic (exact) mass is 238 g/mol. The van der Waals surface area contributed by atoms with Crippen molar-refractivity contribution in [1.82, 2.24) is 0 Å². The highest BCUT2D eigenvalue weighted by Crippen LogP contribution is 2.23. The number of hydrogen-bond donors (Lipinski definition) is 1. The number of methoxy groups -OCH3 is 1. The van der Waals surface area contributed by atoms with Crippen LogP contribution >= 0.6 is 0 Å². The summed E-state index contributed by atoms with van der Waals surface area (Å²) in [6.45, 7) is 1.09. The quantitative estimate of drug-likeness (QED) is 0.659. The van der Waals surface area contributed by atoms with Gasteiger partial charge in [-0.2, -0.15) is 0 Å². The number of ether oxygens (including phenoxy) is 2. The maximum absolute atomic E-state index is 11.1. The average Bonchev–Trinajstić information content (AvgIpc) is 2.19. The first-order valence-corrected chi connectivity index (χ1v) is 6.79. The van der Waals surface area contributed by atoms with Gasteiger partial charge in [0.05, 0.1) is 36.9 Å². The smallest absolute Gasteiger partial charge is 0.150 e. The molecule has 0 bridgehead atoms. The predicted octanol–water partition coefficient (Wildman–Crippen LogP) is -0.411. The maximum atomic E-state index is 11.1. The van der Waals surface area contributed by atoms with E-state index in [9.17, 15) is 13.5 Å². The molecule has 0 radical (unpaired) electrons. The van der Waals surface area contributed by atoms with Crippen LogP contribution in [0.25, 0.3) is 0 Å². The molecule has 1 saturated heterocycles. The molecule has 1 rings (SSSR count). The highest BCUT2D eigenvalue weighted by molar-refractivity contribution is 7.91. The van der Waals surface area contributed by atoms with E-state index in [0.717, 1.165) is 0 Å². The highest BCUT2D eigenvalue weighted by Gasteiger charge is 2.35. The van der Waals surface area contributed by atoms with E-state index in [1.54, 1.807) is 7.11 Å². The maximum Gasteiger partial charge on any atom is 0.150 e. The SMILES string of the molecule is COCCOCC1(O)CCS(=O)(=O)CC1. The molecule has 1 aliphatic rings. The Hall–Kier alpha value is -0.170. The lowest BCUT2D eigenvalue weighted by Crippen LogP contribution is -2.43. The topological polar surface area (TPSA) is 72.8 Å². The predicted molar refractivity (Wildman–Crippen MR) is 55.5 cm³/mol. The first-order chi connectivity index (χ1) is 6.97. The zero-order valence-electron chi connectivity index (χ0n) is 8.94. The second-order valence-electron chi connectivity index (χ2n) is 3.92. The fraction of sp³-hybridized carbons (Fsp3) is 1.00. The summed E-state index contributed by atoms with van der Waals surface area (Å²) < 4.78 is 32.3. The van der Waals surface area contributed by atoms with Gasteiger partial charge in [0.25, 0.3) is 0 Å². The van der Waals surface area contributed by atoms with Crippen LogP contribution in [0.4, 0.5) is 0 Å². The first-order valence-electron chi connectivity index (χ1n) is 4.97. The molecule has 0 saturated carbocycles. The van der Waals surface area contributed by atoms with Crippen molar-refractivity contribution in [1.29, 1.82) is 0 Å². The van der Waals surface area contributed by atoms with E-state index in [0.29, 0.717) is 13.2 Å². The minimum atomic E-state index is -2.93. The van der Waals surface area contributed by atoms with Gasteiger partial charge < -0.3 is 14.6 Å². The van der Waals surface area contributed by atoms with Gasteiger partial charge >= 0.3 is 0 Å². The number of rotatable bonds is 5. The van der Waals surface area contributed by atoms with Crippen LogP contribution in [0.2, 0.25) is 0 Å². The molecule has 0 amide bonds. The normalized spacial score (nSPS) is 23.9. The van der Waals surface area contributed by atoms with Crippen LogP contribution in [0.3, 0.4) is 0 Å². The summed E-state index contributed by atoms with van der Waals surface area (Å²) in [7, 11) is -1.35. The fourth-order valence-corrected chi connectivity index (χ4v) is 3.05. The van der Waals surface area contributed by atoms with Crippen LogP contribution in [-0.2, 0) is 19.3 Å². The largest absolute Gasteiger partial charge is 0.387 e. The molecule has 0 aliphatic carbocycles. The summed E-state index contributed by atoms with van der Waals surface area (Å²) in [5, 5.41) is 9.97. The Balaban J connectivity index is 2.29. The summed E-state index contributed by atoms with van der Waals surface area (Å²) in [6, 6.07) is 0. The van der Waals surface area contributed by atoms with Gasteiger partial charge in [-0.05, 0) is 12.8 Å². The Morgan fingerprint density at radius 2 is 1.87 bits per heavy atom. The van der Waals surface area contributed by atoms with Crippen LogP contribution in [0.15, 0.2) is 0 Å². The van der Waals surface area contributed by atoms with Gasteiger partial charge in [0, 0.05) is 7.11 Å². The lowest BCUT2D eigenvalue weighted by atomic mass is 9.98. The molecular weight excluding hydrogens is 220 g/mol. The van der Waals surface area contributed by atoms with Gasteiger partial charge in [0.1, 0.15) is 0 Å². The second kappa shape index (κ2) is 5.25.